The molecule has 0 spiro atoms. The zero-order chi connectivity index (χ0) is 21.8. The highest BCUT2D eigenvalue weighted by molar-refractivity contribution is 6.30. The summed E-state index contributed by atoms with van der Waals surface area (Å²) in [4.78, 5) is 35.8. The Morgan fingerprint density at radius 2 is 1.47 bits per heavy atom. The van der Waals surface area contributed by atoms with E-state index in [0.717, 1.165) is 0 Å². The highest BCUT2D eigenvalue weighted by Gasteiger charge is 2.36. The maximum atomic E-state index is 12.5. The number of carboxylic acid groups (broad SMARTS) is 1. The minimum absolute atomic E-state index is 0. The maximum absolute atomic E-state index is 12.5. The number of carbonyl (C=O) groups excluding carboxylic acids is 2. The second kappa shape index (κ2) is 10.4. The lowest BCUT2D eigenvalue weighted by Gasteiger charge is -2.26. The number of hydrogen-bond donors (Lipinski definition) is 2. The van der Waals surface area contributed by atoms with Gasteiger partial charge in [0.05, 0.1) is 0 Å². The summed E-state index contributed by atoms with van der Waals surface area (Å²) < 4.78 is 10.9. The van der Waals surface area contributed by atoms with Gasteiger partial charge < -0.3 is 32.7 Å². The van der Waals surface area contributed by atoms with Crippen LogP contribution < -0.4 is 22.9 Å². The van der Waals surface area contributed by atoms with E-state index in [-0.39, 0.29) is 18.2 Å². The lowest BCUT2D eigenvalue weighted by atomic mass is 10.0. The zero-order valence-corrected chi connectivity index (χ0v) is 18.2. The molecule has 0 saturated heterocycles. The number of hydrogen-bond acceptors (Lipinski definition) is 5. The van der Waals surface area contributed by atoms with Gasteiger partial charge in [0, 0.05) is 16.1 Å². The quantitative estimate of drug-likeness (QED) is 0.403. The SMILES string of the molecule is C[C@@H](OC(=O)C(C)(C)Oc1ccc(C(=O)c2ccc(Cl)cc2)cc1)[C@H]([NH3+])C(=O)O.[Cl-]. The second-order valence-electron chi connectivity index (χ2n) is 7.03. The van der Waals surface area contributed by atoms with Crippen LogP contribution in [-0.2, 0) is 14.3 Å². The summed E-state index contributed by atoms with van der Waals surface area (Å²) in [5, 5.41) is 9.49. The molecule has 30 heavy (non-hydrogen) atoms. The van der Waals surface area contributed by atoms with Gasteiger partial charge in [-0.15, -0.1) is 0 Å². The molecule has 0 bridgehead atoms. The van der Waals surface area contributed by atoms with Gasteiger partial charge in [-0.1, -0.05) is 11.6 Å². The standard InChI is InChI=1S/C21H22ClNO6.ClH/c1-12(17(23)19(25)26)28-20(27)21(2,3)29-16-10-6-14(7-11-16)18(24)13-4-8-15(22)9-5-13;/h4-12,17H,23H2,1-3H3,(H,25,26);1H/t12-,17+;/m1./s1. The van der Waals surface area contributed by atoms with E-state index in [9.17, 15) is 14.4 Å². The van der Waals surface area contributed by atoms with Gasteiger partial charge in [0.15, 0.2) is 17.5 Å². The zero-order valence-electron chi connectivity index (χ0n) is 16.7. The Kier molecular flexibility index (Phi) is 8.84. The Morgan fingerprint density at radius 3 is 1.93 bits per heavy atom. The first-order valence-corrected chi connectivity index (χ1v) is 9.25. The van der Waals surface area contributed by atoms with Gasteiger partial charge in [-0.3, -0.25) is 4.79 Å². The second-order valence-corrected chi connectivity index (χ2v) is 7.46. The molecule has 7 nitrogen and oxygen atoms in total. The number of esters is 1. The van der Waals surface area contributed by atoms with Crippen molar-refractivity contribution in [3.05, 3.63) is 64.7 Å². The molecule has 0 aliphatic rings. The van der Waals surface area contributed by atoms with E-state index in [1.807, 2.05) is 0 Å². The summed E-state index contributed by atoms with van der Waals surface area (Å²) >= 11 is 5.84. The Morgan fingerprint density at radius 1 is 1.00 bits per heavy atom. The van der Waals surface area contributed by atoms with Crippen molar-refractivity contribution in [2.45, 2.75) is 38.5 Å². The first-order chi connectivity index (χ1) is 13.5. The van der Waals surface area contributed by atoms with E-state index in [0.29, 0.717) is 21.9 Å². The van der Waals surface area contributed by atoms with Gasteiger partial charge >= 0.3 is 11.9 Å². The molecule has 0 aliphatic heterocycles. The first kappa shape index (κ1) is 25.4. The first-order valence-electron chi connectivity index (χ1n) is 8.87. The third-order valence-corrected chi connectivity index (χ3v) is 4.52. The number of carboxylic acids is 1. The van der Waals surface area contributed by atoms with Crippen molar-refractivity contribution in [2.24, 2.45) is 0 Å². The average molecular weight is 456 g/mol. The average Bonchev–Trinajstić information content (AvgIpc) is 2.67. The fourth-order valence-electron chi connectivity index (χ4n) is 2.37. The number of ether oxygens (including phenoxy) is 2. The van der Waals surface area contributed by atoms with Gasteiger partial charge in [-0.25, -0.2) is 9.59 Å². The topological polar surface area (TPSA) is 118 Å². The van der Waals surface area contributed by atoms with E-state index in [2.05, 4.69) is 5.73 Å². The summed E-state index contributed by atoms with van der Waals surface area (Å²) in [6.45, 7) is 4.47. The fourth-order valence-corrected chi connectivity index (χ4v) is 2.50. The molecule has 0 saturated carbocycles. The number of rotatable bonds is 8. The monoisotopic (exact) mass is 455 g/mol. The summed E-state index contributed by atoms with van der Waals surface area (Å²) in [5.41, 5.74) is 3.04. The highest BCUT2D eigenvalue weighted by Crippen LogP contribution is 2.22. The van der Waals surface area contributed by atoms with Crippen molar-refractivity contribution in [2.75, 3.05) is 0 Å². The van der Waals surface area contributed by atoms with E-state index in [4.69, 9.17) is 26.2 Å². The highest BCUT2D eigenvalue weighted by atomic mass is 35.5. The van der Waals surface area contributed by atoms with Crippen molar-refractivity contribution in [3.63, 3.8) is 0 Å². The van der Waals surface area contributed by atoms with Gasteiger partial charge in [-0.05, 0) is 69.3 Å². The predicted molar refractivity (Wildman–Crippen MR) is 106 cm³/mol. The van der Waals surface area contributed by atoms with Crippen LogP contribution in [0, 0.1) is 0 Å². The Hall–Kier alpha value is -2.61. The summed E-state index contributed by atoms with van der Waals surface area (Å²) in [5.74, 6) is -1.70. The largest absolute Gasteiger partial charge is 1.00 e. The molecule has 0 fully saturated rings. The van der Waals surface area contributed by atoms with Gasteiger partial charge in [-0.2, -0.15) is 0 Å². The van der Waals surface area contributed by atoms with Crippen molar-refractivity contribution in [3.8, 4) is 5.75 Å². The number of halogens is 2. The minimum Gasteiger partial charge on any atom is -1.00 e. The van der Waals surface area contributed by atoms with Crippen LogP contribution >= 0.6 is 11.6 Å². The molecule has 0 aliphatic carbocycles. The molecule has 9 heteroatoms. The molecule has 0 amide bonds. The van der Waals surface area contributed by atoms with Crippen LogP contribution in [0.1, 0.15) is 36.7 Å². The van der Waals surface area contributed by atoms with E-state index >= 15 is 0 Å². The van der Waals surface area contributed by atoms with E-state index in [1.54, 1.807) is 48.5 Å². The molecule has 4 N–H and O–H groups in total. The Labute approximate surface area is 185 Å². The van der Waals surface area contributed by atoms with Crippen LogP contribution in [0.4, 0.5) is 0 Å². The van der Waals surface area contributed by atoms with Crippen LogP contribution in [0.25, 0.3) is 0 Å². The summed E-state index contributed by atoms with van der Waals surface area (Å²) in [6, 6.07) is 11.8. The molecule has 0 heterocycles. The van der Waals surface area contributed by atoms with Crippen molar-refractivity contribution in [1.82, 2.24) is 0 Å². The van der Waals surface area contributed by atoms with E-state index < -0.39 is 29.7 Å². The molecule has 0 unspecified atom stereocenters. The molecule has 2 aromatic carbocycles. The van der Waals surface area contributed by atoms with Gasteiger partial charge in [0.1, 0.15) is 5.75 Å². The maximum Gasteiger partial charge on any atom is 0.366 e. The Bertz CT molecular complexity index is 897. The smallest absolute Gasteiger partial charge is 0.366 e. The third-order valence-electron chi connectivity index (χ3n) is 4.26. The third kappa shape index (κ3) is 6.45. The fraction of sp³-hybridized carbons (Fsp3) is 0.286. The molecular weight excluding hydrogens is 433 g/mol. The lowest BCUT2D eigenvalue weighted by Crippen LogP contribution is -3.00. The molecule has 162 valence electrons. The number of quaternary nitrogens is 1. The number of carbonyl (C=O) groups is 3. The van der Waals surface area contributed by atoms with Crippen molar-refractivity contribution >= 4 is 29.3 Å². The molecule has 2 rings (SSSR count). The van der Waals surface area contributed by atoms with Gasteiger partial charge in [0.25, 0.3) is 0 Å². The van der Waals surface area contributed by atoms with Gasteiger partial charge in [0.2, 0.25) is 6.04 Å². The van der Waals surface area contributed by atoms with Crippen LogP contribution in [0.3, 0.4) is 0 Å². The predicted octanol–water partition coefficient (Wildman–Crippen LogP) is -0.641. The Balaban J connectivity index is 0.00000450. The number of aliphatic carboxylic acids is 1. The van der Waals surface area contributed by atoms with Crippen LogP contribution in [0.5, 0.6) is 5.75 Å². The molecule has 2 atom stereocenters. The lowest BCUT2D eigenvalue weighted by molar-refractivity contribution is -0.423. The normalized spacial score (nSPS) is 12.8. The van der Waals surface area contributed by atoms with Crippen molar-refractivity contribution < 1.29 is 47.1 Å². The molecule has 0 aromatic heterocycles. The van der Waals surface area contributed by atoms with Crippen LogP contribution in [0.15, 0.2) is 48.5 Å². The molecule has 0 radical (unpaired) electrons. The van der Waals surface area contributed by atoms with Crippen molar-refractivity contribution in [1.29, 1.82) is 0 Å². The summed E-state index contributed by atoms with van der Waals surface area (Å²) in [6.07, 6.45) is -0.915. The summed E-state index contributed by atoms with van der Waals surface area (Å²) in [7, 11) is 0. The molecule has 2 aromatic rings. The van der Waals surface area contributed by atoms with E-state index in [1.165, 1.54) is 20.8 Å². The van der Waals surface area contributed by atoms with Crippen LogP contribution in [-0.4, -0.2) is 40.6 Å². The minimum atomic E-state index is -1.37. The number of benzene rings is 2. The molecular formula is C21H23Cl2NO6. The van der Waals surface area contributed by atoms with Crippen LogP contribution in [0.2, 0.25) is 5.02 Å². The number of ketones is 1.